The van der Waals surface area contributed by atoms with E-state index >= 15 is 0 Å². The van der Waals surface area contributed by atoms with Gasteiger partial charge in [-0.3, -0.25) is 9.98 Å². The van der Waals surface area contributed by atoms with Crippen LogP contribution in [0.2, 0.25) is 0 Å². The summed E-state index contributed by atoms with van der Waals surface area (Å²) in [5, 5.41) is 6.84. The summed E-state index contributed by atoms with van der Waals surface area (Å²) in [5.41, 5.74) is 4.44. The molecule has 0 fully saturated rings. The fourth-order valence-electron chi connectivity index (χ4n) is 2.38. The second-order valence-corrected chi connectivity index (χ2v) is 5.10. The van der Waals surface area contributed by atoms with E-state index in [0.29, 0.717) is 0 Å². The lowest BCUT2D eigenvalue weighted by Gasteiger charge is -2.10. The molecular formula is C18H20N4. The zero-order valence-corrected chi connectivity index (χ0v) is 12.5. The fraction of sp³-hybridized carbons (Fsp3) is 0.222. The van der Waals surface area contributed by atoms with Crippen molar-refractivity contribution in [1.82, 2.24) is 0 Å². The van der Waals surface area contributed by atoms with Crippen molar-refractivity contribution in [3.05, 3.63) is 59.7 Å². The summed E-state index contributed by atoms with van der Waals surface area (Å²) in [7, 11) is 0. The molecule has 1 aliphatic heterocycles. The average molecular weight is 292 g/mol. The topological polar surface area (TPSA) is 48.8 Å². The smallest absolute Gasteiger partial charge is 0.0562 e. The molecule has 4 heteroatoms. The van der Waals surface area contributed by atoms with Gasteiger partial charge < -0.3 is 10.6 Å². The number of hydrogen-bond acceptors (Lipinski definition) is 4. The highest BCUT2D eigenvalue weighted by Crippen LogP contribution is 2.14. The third-order valence-corrected chi connectivity index (χ3v) is 3.50. The minimum absolute atomic E-state index is 0.736. The minimum Gasteiger partial charge on any atom is -0.383 e. The molecule has 0 saturated heterocycles. The molecule has 4 nitrogen and oxygen atoms in total. The molecule has 1 aliphatic rings. The van der Waals surface area contributed by atoms with E-state index < -0.39 is 0 Å². The first-order valence-corrected chi connectivity index (χ1v) is 7.59. The number of nitrogens with one attached hydrogen (secondary N) is 2. The zero-order chi connectivity index (χ0) is 15.0. The standard InChI is InChI=1S/C18H20N4/c1-3-7-17-15(5-1)13-19-9-12-22-18-8-4-2-6-16(18)14-20-10-11-21-17/h1-8,13-14,21-22H,9-12H2. The Morgan fingerprint density at radius 2 is 1.09 bits per heavy atom. The van der Waals surface area contributed by atoms with Gasteiger partial charge in [-0.1, -0.05) is 36.4 Å². The van der Waals surface area contributed by atoms with Crippen molar-refractivity contribution in [2.75, 3.05) is 36.8 Å². The summed E-state index contributed by atoms with van der Waals surface area (Å²) in [6.45, 7) is 3.08. The predicted molar refractivity (Wildman–Crippen MR) is 94.8 cm³/mol. The molecule has 0 bridgehead atoms. The van der Waals surface area contributed by atoms with Gasteiger partial charge >= 0.3 is 0 Å². The van der Waals surface area contributed by atoms with E-state index in [-0.39, 0.29) is 0 Å². The van der Waals surface area contributed by atoms with E-state index in [1.807, 2.05) is 36.7 Å². The molecule has 0 atom stereocenters. The predicted octanol–water partition coefficient (Wildman–Crippen LogP) is 3.06. The van der Waals surface area contributed by atoms with Crippen LogP contribution in [0.4, 0.5) is 11.4 Å². The summed E-state index contributed by atoms with van der Waals surface area (Å²) in [4.78, 5) is 9.02. The fourth-order valence-corrected chi connectivity index (χ4v) is 2.38. The molecular weight excluding hydrogens is 272 g/mol. The van der Waals surface area contributed by atoms with Crippen molar-refractivity contribution in [3.8, 4) is 0 Å². The summed E-state index contributed by atoms with van der Waals surface area (Å²) >= 11 is 0. The SMILES string of the molecule is C1=NCCNc2ccccc2C=NCCNc2ccccc21. The van der Waals surface area contributed by atoms with Gasteiger partial charge in [-0.05, 0) is 12.1 Å². The molecule has 3 rings (SSSR count). The van der Waals surface area contributed by atoms with Crippen LogP contribution >= 0.6 is 0 Å². The van der Waals surface area contributed by atoms with Crippen molar-refractivity contribution in [2.45, 2.75) is 0 Å². The van der Waals surface area contributed by atoms with E-state index in [9.17, 15) is 0 Å². The molecule has 0 unspecified atom stereocenters. The molecule has 0 saturated carbocycles. The van der Waals surface area contributed by atoms with Crippen LogP contribution in [0, 0.1) is 0 Å². The molecule has 0 aliphatic carbocycles. The molecule has 2 aromatic rings. The van der Waals surface area contributed by atoms with Crippen LogP contribution in [0.1, 0.15) is 11.1 Å². The Hall–Kier alpha value is -2.62. The highest BCUT2D eigenvalue weighted by atomic mass is 14.9. The largest absolute Gasteiger partial charge is 0.383 e. The second kappa shape index (κ2) is 7.41. The van der Waals surface area contributed by atoms with E-state index in [1.54, 1.807) is 0 Å². The Kier molecular flexibility index (Phi) is 4.82. The molecule has 0 aromatic heterocycles. The van der Waals surface area contributed by atoms with Crippen LogP contribution in [0.5, 0.6) is 0 Å². The lowest BCUT2D eigenvalue weighted by atomic mass is 10.2. The van der Waals surface area contributed by atoms with Crippen LogP contribution in [0.25, 0.3) is 0 Å². The van der Waals surface area contributed by atoms with E-state index in [2.05, 4.69) is 44.9 Å². The quantitative estimate of drug-likeness (QED) is 0.784. The molecule has 22 heavy (non-hydrogen) atoms. The number of para-hydroxylation sites is 2. The Balaban J connectivity index is 1.79. The first-order chi connectivity index (χ1) is 10.9. The lowest BCUT2D eigenvalue weighted by molar-refractivity contribution is 1.02. The van der Waals surface area contributed by atoms with Crippen molar-refractivity contribution < 1.29 is 0 Å². The highest BCUT2D eigenvalue weighted by molar-refractivity contribution is 5.88. The molecule has 1 heterocycles. The number of nitrogens with zero attached hydrogens (tertiary/aromatic N) is 2. The van der Waals surface area contributed by atoms with Crippen LogP contribution in [0.3, 0.4) is 0 Å². The van der Waals surface area contributed by atoms with Gasteiger partial charge in [0.15, 0.2) is 0 Å². The number of anilines is 2. The van der Waals surface area contributed by atoms with Gasteiger partial charge in [0.25, 0.3) is 0 Å². The highest BCUT2D eigenvalue weighted by Gasteiger charge is 2.00. The molecule has 0 amide bonds. The number of benzene rings is 2. The van der Waals surface area contributed by atoms with Crippen molar-refractivity contribution in [2.24, 2.45) is 9.98 Å². The monoisotopic (exact) mass is 292 g/mol. The molecule has 112 valence electrons. The van der Waals surface area contributed by atoms with Gasteiger partial charge in [0, 0.05) is 48.0 Å². The third kappa shape index (κ3) is 3.73. The van der Waals surface area contributed by atoms with Gasteiger partial charge in [0.1, 0.15) is 0 Å². The Labute approximate surface area is 131 Å². The summed E-state index contributed by atoms with van der Waals surface area (Å²) < 4.78 is 0. The van der Waals surface area contributed by atoms with Gasteiger partial charge in [-0.2, -0.15) is 0 Å². The van der Waals surface area contributed by atoms with Gasteiger partial charge in [0.2, 0.25) is 0 Å². The maximum Gasteiger partial charge on any atom is 0.0562 e. The summed E-state index contributed by atoms with van der Waals surface area (Å²) in [5.74, 6) is 0. The minimum atomic E-state index is 0.736. The first kappa shape index (κ1) is 14.3. The van der Waals surface area contributed by atoms with E-state index in [0.717, 1.165) is 48.7 Å². The van der Waals surface area contributed by atoms with Crippen molar-refractivity contribution in [3.63, 3.8) is 0 Å². The van der Waals surface area contributed by atoms with Crippen LogP contribution in [0.15, 0.2) is 58.5 Å². The Bertz CT molecular complexity index is 617. The zero-order valence-electron chi connectivity index (χ0n) is 12.5. The molecule has 0 radical (unpaired) electrons. The van der Waals surface area contributed by atoms with Crippen LogP contribution in [-0.4, -0.2) is 38.6 Å². The number of rotatable bonds is 0. The van der Waals surface area contributed by atoms with Gasteiger partial charge in [-0.25, -0.2) is 0 Å². The maximum absolute atomic E-state index is 4.51. The second-order valence-electron chi connectivity index (χ2n) is 5.10. The number of fused-ring (bicyclic) bond motifs is 2. The number of aliphatic imine (C=N–C) groups is 2. The lowest BCUT2D eigenvalue weighted by Crippen LogP contribution is -2.10. The Morgan fingerprint density at radius 3 is 1.59 bits per heavy atom. The van der Waals surface area contributed by atoms with Crippen molar-refractivity contribution in [1.29, 1.82) is 0 Å². The average Bonchev–Trinajstić information content (AvgIpc) is 2.56. The van der Waals surface area contributed by atoms with Gasteiger partial charge in [-0.15, -0.1) is 0 Å². The molecule has 0 spiro atoms. The van der Waals surface area contributed by atoms with E-state index in [4.69, 9.17) is 0 Å². The molecule has 2 N–H and O–H groups in total. The third-order valence-electron chi connectivity index (χ3n) is 3.50. The summed E-state index contributed by atoms with van der Waals surface area (Å²) in [6, 6.07) is 16.4. The maximum atomic E-state index is 4.51. The van der Waals surface area contributed by atoms with Crippen molar-refractivity contribution >= 4 is 23.8 Å². The first-order valence-electron chi connectivity index (χ1n) is 7.59. The molecule has 2 aromatic carbocycles. The summed E-state index contributed by atoms with van der Waals surface area (Å²) in [6.07, 6.45) is 3.87. The Morgan fingerprint density at radius 1 is 0.636 bits per heavy atom. The van der Waals surface area contributed by atoms with E-state index in [1.165, 1.54) is 0 Å². The van der Waals surface area contributed by atoms with Crippen LogP contribution in [-0.2, 0) is 0 Å². The van der Waals surface area contributed by atoms with Crippen LogP contribution < -0.4 is 10.6 Å². The van der Waals surface area contributed by atoms with Gasteiger partial charge in [0.05, 0.1) is 13.1 Å². The normalized spacial score (nSPS) is 14.9. The number of hydrogen-bond donors (Lipinski definition) is 2.